The van der Waals surface area contributed by atoms with Crippen LogP contribution in [0.3, 0.4) is 0 Å². The number of likely N-dealkylation sites (tertiary alicyclic amines) is 1. The molecule has 7 heteroatoms. The van der Waals surface area contributed by atoms with Crippen molar-refractivity contribution in [2.75, 3.05) is 13.1 Å². The Hall–Kier alpha value is -2.02. The Morgan fingerprint density at radius 1 is 1.26 bits per heavy atom. The van der Waals surface area contributed by atoms with Crippen molar-refractivity contribution in [1.82, 2.24) is 24.9 Å². The van der Waals surface area contributed by atoms with Crippen molar-refractivity contribution in [3.63, 3.8) is 0 Å². The molecule has 1 aliphatic rings. The number of piperidine rings is 1. The number of hydrogen-bond donors (Lipinski definition) is 0. The van der Waals surface area contributed by atoms with Gasteiger partial charge in [-0.25, -0.2) is 4.68 Å². The van der Waals surface area contributed by atoms with Gasteiger partial charge in [-0.1, -0.05) is 20.8 Å². The van der Waals surface area contributed by atoms with Crippen molar-refractivity contribution in [3.8, 4) is 0 Å². The summed E-state index contributed by atoms with van der Waals surface area (Å²) in [7, 11) is 0. The number of rotatable bonds is 3. The topological polar surface area (TPSA) is 77.0 Å². The second-order valence-corrected chi connectivity index (χ2v) is 7.09. The van der Waals surface area contributed by atoms with Gasteiger partial charge in [0.2, 0.25) is 12.3 Å². The minimum atomic E-state index is -0.0614. The van der Waals surface area contributed by atoms with Gasteiger partial charge >= 0.3 is 0 Å². The van der Waals surface area contributed by atoms with Crippen LogP contribution in [0.2, 0.25) is 0 Å². The molecule has 124 valence electrons. The summed E-state index contributed by atoms with van der Waals surface area (Å²) < 4.78 is 6.86. The zero-order valence-electron chi connectivity index (χ0n) is 13.9. The van der Waals surface area contributed by atoms with Crippen LogP contribution in [-0.4, -0.2) is 38.0 Å². The second kappa shape index (κ2) is 6.23. The van der Waals surface area contributed by atoms with E-state index in [1.807, 2.05) is 6.07 Å². The molecule has 0 aliphatic carbocycles. The van der Waals surface area contributed by atoms with Crippen LogP contribution < -0.4 is 5.56 Å². The molecule has 0 N–H and O–H groups in total. The molecule has 0 bridgehead atoms. The van der Waals surface area contributed by atoms with E-state index in [-0.39, 0.29) is 17.0 Å². The van der Waals surface area contributed by atoms with E-state index in [0.717, 1.165) is 31.6 Å². The Morgan fingerprint density at radius 3 is 2.61 bits per heavy atom. The molecular formula is C16H23N5O2. The lowest BCUT2D eigenvalue weighted by Crippen LogP contribution is -2.38. The van der Waals surface area contributed by atoms with Gasteiger partial charge in [0, 0.05) is 24.6 Å². The molecule has 0 aromatic carbocycles. The first kappa shape index (κ1) is 15.9. The smallest absolute Gasteiger partial charge is 0.267 e. The summed E-state index contributed by atoms with van der Waals surface area (Å²) in [5.41, 5.74) is 0.868. The summed E-state index contributed by atoms with van der Waals surface area (Å²) >= 11 is 0. The van der Waals surface area contributed by atoms with E-state index < -0.39 is 0 Å². The third-order valence-corrected chi connectivity index (χ3v) is 4.26. The summed E-state index contributed by atoms with van der Waals surface area (Å²) in [6, 6.07) is 3.63. The SMILES string of the molecule is CC(C)(C)c1ccc(=O)n(C2CCN(Cc3nnco3)CC2)n1. The van der Waals surface area contributed by atoms with E-state index in [2.05, 4.69) is 41.0 Å². The fourth-order valence-corrected chi connectivity index (χ4v) is 2.87. The quantitative estimate of drug-likeness (QED) is 0.858. The van der Waals surface area contributed by atoms with Crippen LogP contribution in [0.15, 0.2) is 27.7 Å². The summed E-state index contributed by atoms with van der Waals surface area (Å²) in [5, 5.41) is 12.2. The lowest BCUT2D eigenvalue weighted by atomic mass is 9.92. The first-order valence-electron chi connectivity index (χ1n) is 8.01. The normalized spacial score (nSPS) is 17.5. The highest BCUT2D eigenvalue weighted by Crippen LogP contribution is 2.23. The summed E-state index contributed by atoms with van der Waals surface area (Å²) in [5.74, 6) is 0.633. The van der Waals surface area contributed by atoms with E-state index in [9.17, 15) is 4.79 Å². The predicted octanol–water partition coefficient (Wildman–Crippen LogP) is 1.76. The molecule has 0 spiro atoms. The monoisotopic (exact) mass is 317 g/mol. The molecule has 0 amide bonds. The van der Waals surface area contributed by atoms with Crippen LogP contribution in [0.1, 0.15) is 51.2 Å². The van der Waals surface area contributed by atoms with E-state index in [0.29, 0.717) is 12.4 Å². The molecule has 23 heavy (non-hydrogen) atoms. The lowest BCUT2D eigenvalue weighted by Gasteiger charge is -2.31. The Morgan fingerprint density at radius 2 is 2.00 bits per heavy atom. The second-order valence-electron chi connectivity index (χ2n) is 7.09. The maximum atomic E-state index is 12.2. The van der Waals surface area contributed by atoms with Gasteiger partial charge in [-0.05, 0) is 18.9 Å². The van der Waals surface area contributed by atoms with Gasteiger partial charge in [0.1, 0.15) is 0 Å². The Labute approximate surface area is 135 Å². The zero-order chi connectivity index (χ0) is 16.4. The lowest BCUT2D eigenvalue weighted by molar-refractivity contribution is 0.157. The highest BCUT2D eigenvalue weighted by molar-refractivity contribution is 5.11. The van der Waals surface area contributed by atoms with Crippen LogP contribution >= 0.6 is 0 Å². The number of aromatic nitrogens is 4. The van der Waals surface area contributed by atoms with E-state index in [1.165, 1.54) is 6.39 Å². The molecular weight excluding hydrogens is 294 g/mol. The van der Waals surface area contributed by atoms with Gasteiger partial charge in [0.15, 0.2) is 0 Å². The minimum absolute atomic E-state index is 0.0200. The van der Waals surface area contributed by atoms with E-state index in [4.69, 9.17) is 4.42 Å². The average molecular weight is 317 g/mol. The first-order chi connectivity index (χ1) is 10.9. The van der Waals surface area contributed by atoms with Gasteiger partial charge in [-0.3, -0.25) is 9.69 Å². The number of hydrogen-bond acceptors (Lipinski definition) is 6. The molecule has 3 rings (SSSR count). The molecule has 2 aromatic rings. The Kier molecular flexibility index (Phi) is 4.30. The Bertz CT molecular complexity index is 694. The molecule has 1 saturated heterocycles. The molecule has 3 heterocycles. The van der Waals surface area contributed by atoms with Crippen LogP contribution in [-0.2, 0) is 12.0 Å². The average Bonchev–Trinajstić information content (AvgIpc) is 3.00. The van der Waals surface area contributed by atoms with Crippen LogP contribution in [0.4, 0.5) is 0 Å². The molecule has 0 atom stereocenters. The largest absolute Gasteiger partial charge is 0.427 e. The third-order valence-electron chi connectivity index (χ3n) is 4.26. The third kappa shape index (κ3) is 3.67. The Balaban J connectivity index is 1.69. The highest BCUT2D eigenvalue weighted by Gasteiger charge is 2.24. The van der Waals surface area contributed by atoms with Gasteiger partial charge in [0.05, 0.1) is 18.3 Å². The van der Waals surface area contributed by atoms with E-state index >= 15 is 0 Å². The van der Waals surface area contributed by atoms with Crippen LogP contribution in [0, 0.1) is 0 Å². The van der Waals surface area contributed by atoms with Crippen molar-refractivity contribution in [2.24, 2.45) is 0 Å². The van der Waals surface area contributed by atoms with Crippen molar-refractivity contribution >= 4 is 0 Å². The molecule has 0 saturated carbocycles. The molecule has 0 radical (unpaired) electrons. The van der Waals surface area contributed by atoms with Crippen molar-refractivity contribution < 1.29 is 4.42 Å². The van der Waals surface area contributed by atoms with Crippen molar-refractivity contribution in [2.45, 2.75) is 51.6 Å². The van der Waals surface area contributed by atoms with Gasteiger partial charge < -0.3 is 4.42 Å². The molecule has 7 nitrogen and oxygen atoms in total. The van der Waals surface area contributed by atoms with Crippen molar-refractivity contribution in [3.05, 3.63) is 40.5 Å². The van der Waals surface area contributed by atoms with Crippen molar-refractivity contribution in [1.29, 1.82) is 0 Å². The maximum Gasteiger partial charge on any atom is 0.267 e. The maximum absolute atomic E-state index is 12.2. The molecule has 0 unspecified atom stereocenters. The van der Waals surface area contributed by atoms with Gasteiger partial charge in [0.25, 0.3) is 5.56 Å². The molecule has 1 aliphatic heterocycles. The molecule has 1 fully saturated rings. The van der Waals surface area contributed by atoms with Crippen LogP contribution in [0.25, 0.3) is 0 Å². The van der Waals surface area contributed by atoms with Gasteiger partial charge in [-0.2, -0.15) is 5.10 Å². The fraction of sp³-hybridized carbons (Fsp3) is 0.625. The summed E-state index contributed by atoms with van der Waals surface area (Å²) in [6.07, 6.45) is 3.15. The van der Waals surface area contributed by atoms with Crippen LogP contribution in [0.5, 0.6) is 0 Å². The molecule has 2 aromatic heterocycles. The first-order valence-corrected chi connectivity index (χ1v) is 8.01. The highest BCUT2D eigenvalue weighted by atomic mass is 16.4. The summed E-state index contributed by atoms with van der Waals surface area (Å²) in [4.78, 5) is 14.5. The summed E-state index contributed by atoms with van der Waals surface area (Å²) in [6.45, 7) is 8.77. The minimum Gasteiger partial charge on any atom is -0.427 e. The number of nitrogens with zero attached hydrogens (tertiary/aromatic N) is 5. The zero-order valence-corrected chi connectivity index (χ0v) is 13.9. The standard InChI is InChI=1S/C16H23N5O2/c1-16(2,3)13-4-5-15(22)21(19-13)12-6-8-20(9-7-12)10-14-18-17-11-23-14/h4-5,11-12H,6-10H2,1-3H3. The fourth-order valence-electron chi connectivity index (χ4n) is 2.87. The van der Waals surface area contributed by atoms with E-state index in [1.54, 1.807) is 10.7 Å². The van der Waals surface area contributed by atoms with Gasteiger partial charge in [-0.15, -0.1) is 10.2 Å². The predicted molar refractivity (Wildman–Crippen MR) is 85.0 cm³/mol.